The minimum atomic E-state index is -0.423. The zero-order chi connectivity index (χ0) is 11.7. The fraction of sp³-hybridized carbons (Fsp3) is 0. The number of hydrogen-bond donors (Lipinski definition) is 1. The molecule has 1 N–H and O–H groups in total. The van der Waals surface area contributed by atoms with Crippen molar-refractivity contribution in [1.82, 2.24) is 9.97 Å². The standard InChI is InChI=1S/C10H5Cl3N2O/c11-6-1-7(9(13)8(12)2-6)5-3-14-10(16)15-4-5/h1-4H,(H,14,15,16). The maximum atomic E-state index is 10.8. The highest BCUT2D eigenvalue weighted by Crippen LogP contribution is 2.35. The van der Waals surface area contributed by atoms with E-state index in [0.29, 0.717) is 26.2 Å². The van der Waals surface area contributed by atoms with E-state index >= 15 is 0 Å². The van der Waals surface area contributed by atoms with Crippen LogP contribution in [-0.2, 0) is 0 Å². The van der Waals surface area contributed by atoms with Crippen molar-refractivity contribution in [3.8, 4) is 11.1 Å². The first-order valence-corrected chi connectivity index (χ1v) is 5.41. The van der Waals surface area contributed by atoms with Crippen LogP contribution in [0.2, 0.25) is 15.1 Å². The SMILES string of the molecule is O=c1ncc(-c2cc(Cl)cc(Cl)c2Cl)c[nH]1. The van der Waals surface area contributed by atoms with Crippen LogP contribution in [0.15, 0.2) is 29.3 Å². The summed E-state index contributed by atoms with van der Waals surface area (Å²) < 4.78 is 0. The zero-order valence-electron chi connectivity index (χ0n) is 7.80. The number of nitrogens with one attached hydrogen (secondary N) is 1. The largest absolute Gasteiger partial charge is 0.344 e. The van der Waals surface area contributed by atoms with Gasteiger partial charge in [0, 0.05) is 28.5 Å². The predicted octanol–water partition coefficient (Wildman–Crippen LogP) is 3.40. The predicted molar refractivity (Wildman–Crippen MR) is 65.3 cm³/mol. The molecule has 16 heavy (non-hydrogen) atoms. The Morgan fingerprint density at radius 1 is 1.19 bits per heavy atom. The zero-order valence-corrected chi connectivity index (χ0v) is 10.1. The van der Waals surface area contributed by atoms with Crippen LogP contribution in [0.5, 0.6) is 0 Å². The van der Waals surface area contributed by atoms with E-state index in [4.69, 9.17) is 34.8 Å². The van der Waals surface area contributed by atoms with Gasteiger partial charge in [0.2, 0.25) is 0 Å². The van der Waals surface area contributed by atoms with Gasteiger partial charge in [-0.2, -0.15) is 0 Å². The van der Waals surface area contributed by atoms with Crippen LogP contribution in [0.3, 0.4) is 0 Å². The Balaban J connectivity index is 2.64. The molecule has 0 amide bonds. The van der Waals surface area contributed by atoms with Gasteiger partial charge in [0.25, 0.3) is 0 Å². The highest BCUT2D eigenvalue weighted by atomic mass is 35.5. The van der Waals surface area contributed by atoms with Crippen LogP contribution >= 0.6 is 34.8 Å². The van der Waals surface area contributed by atoms with Crippen molar-refractivity contribution in [1.29, 1.82) is 0 Å². The molecule has 82 valence electrons. The van der Waals surface area contributed by atoms with Gasteiger partial charge in [0.05, 0.1) is 10.0 Å². The molecule has 0 spiro atoms. The van der Waals surface area contributed by atoms with Crippen LogP contribution in [0, 0.1) is 0 Å². The molecule has 1 heterocycles. The molecule has 2 rings (SSSR count). The Kier molecular flexibility index (Phi) is 3.19. The summed E-state index contributed by atoms with van der Waals surface area (Å²) in [6, 6.07) is 3.21. The molecule has 0 saturated heterocycles. The van der Waals surface area contributed by atoms with Gasteiger partial charge < -0.3 is 4.98 Å². The average molecular weight is 276 g/mol. The van der Waals surface area contributed by atoms with Crippen molar-refractivity contribution in [2.75, 3.05) is 0 Å². The molecule has 0 atom stereocenters. The molecule has 0 aliphatic rings. The third-order valence-corrected chi connectivity index (χ3v) is 3.00. The Hall–Kier alpha value is -1.03. The molecule has 0 aliphatic carbocycles. The molecule has 2 aromatic rings. The van der Waals surface area contributed by atoms with E-state index in [1.807, 2.05) is 0 Å². The fourth-order valence-electron chi connectivity index (χ4n) is 1.26. The molecule has 0 unspecified atom stereocenters. The van der Waals surface area contributed by atoms with Crippen LogP contribution in [0.25, 0.3) is 11.1 Å². The molecular formula is C10H5Cl3N2O. The number of halogens is 3. The summed E-state index contributed by atoms with van der Waals surface area (Å²) in [7, 11) is 0. The van der Waals surface area contributed by atoms with Gasteiger partial charge in [-0.25, -0.2) is 9.78 Å². The molecule has 0 aliphatic heterocycles. The van der Waals surface area contributed by atoms with E-state index in [0.717, 1.165) is 0 Å². The van der Waals surface area contributed by atoms with Gasteiger partial charge >= 0.3 is 5.69 Å². The lowest BCUT2D eigenvalue weighted by molar-refractivity contribution is 1.08. The second-order valence-electron chi connectivity index (χ2n) is 3.06. The second-order valence-corrected chi connectivity index (χ2v) is 4.28. The van der Waals surface area contributed by atoms with Crippen molar-refractivity contribution in [3.05, 3.63) is 50.1 Å². The summed E-state index contributed by atoms with van der Waals surface area (Å²) >= 11 is 17.8. The lowest BCUT2D eigenvalue weighted by Gasteiger charge is -2.06. The average Bonchev–Trinajstić information content (AvgIpc) is 2.25. The number of hydrogen-bond acceptors (Lipinski definition) is 2. The lowest BCUT2D eigenvalue weighted by Crippen LogP contribution is -2.07. The van der Waals surface area contributed by atoms with Crippen molar-refractivity contribution in [3.63, 3.8) is 0 Å². The monoisotopic (exact) mass is 274 g/mol. The summed E-state index contributed by atoms with van der Waals surface area (Å²) in [5.74, 6) is 0. The minimum absolute atomic E-state index is 0.357. The summed E-state index contributed by atoms with van der Waals surface area (Å²) in [5, 5.41) is 1.20. The fourth-order valence-corrected chi connectivity index (χ4v) is 1.97. The molecule has 1 aromatic heterocycles. The highest BCUT2D eigenvalue weighted by Gasteiger charge is 2.09. The quantitative estimate of drug-likeness (QED) is 0.811. The molecule has 0 bridgehead atoms. The topological polar surface area (TPSA) is 45.8 Å². The Morgan fingerprint density at radius 2 is 1.94 bits per heavy atom. The Bertz CT molecular complexity index is 575. The van der Waals surface area contributed by atoms with Crippen molar-refractivity contribution >= 4 is 34.8 Å². The van der Waals surface area contributed by atoms with Gasteiger partial charge in [0.1, 0.15) is 0 Å². The number of nitrogens with zero attached hydrogens (tertiary/aromatic N) is 1. The molecule has 0 fully saturated rings. The third-order valence-electron chi connectivity index (χ3n) is 1.98. The summed E-state index contributed by atoms with van der Waals surface area (Å²) in [4.78, 5) is 16.9. The normalized spacial score (nSPS) is 10.4. The van der Waals surface area contributed by atoms with E-state index < -0.39 is 5.69 Å². The first-order chi connectivity index (χ1) is 7.58. The first-order valence-electron chi connectivity index (χ1n) is 4.27. The third kappa shape index (κ3) is 2.21. The molecule has 3 nitrogen and oxygen atoms in total. The smallest absolute Gasteiger partial charge is 0.312 e. The van der Waals surface area contributed by atoms with Crippen LogP contribution in [0.1, 0.15) is 0 Å². The summed E-state index contributed by atoms with van der Waals surface area (Å²) in [6.45, 7) is 0. The van der Waals surface area contributed by atoms with Crippen LogP contribution in [0.4, 0.5) is 0 Å². The highest BCUT2D eigenvalue weighted by molar-refractivity contribution is 6.45. The van der Waals surface area contributed by atoms with Gasteiger partial charge in [-0.05, 0) is 12.1 Å². The van der Waals surface area contributed by atoms with Gasteiger partial charge in [-0.1, -0.05) is 34.8 Å². The van der Waals surface area contributed by atoms with Crippen molar-refractivity contribution in [2.45, 2.75) is 0 Å². The number of aromatic nitrogens is 2. The Labute approximate surface area is 106 Å². The maximum absolute atomic E-state index is 10.8. The first kappa shape index (κ1) is 11.5. The molecule has 1 aromatic carbocycles. The Morgan fingerprint density at radius 3 is 2.56 bits per heavy atom. The molecular weight excluding hydrogens is 270 g/mol. The van der Waals surface area contributed by atoms with Crippen LogP contribution < -0.4 is 5.69 Å². The van der Waals surface area contributed by atoms with E-state index in [9.17, 15) is 4.79 Å². The van der Waals surface area contributed by atoms with Gasteiger partial charge in [-0.15, -0.1) is 0 Å². The second kappa shape index (κ2) is 4.45. The van der Waals surface area contributed by atoms with Gasteiger partial charge in [-0.3, -0.25) is 0 Å². The van der Waals surface area contributed by atoms with Crippen molar-refractivity contribution in [2.24, 2.45) is 0 Å². The summed E-state index contributed by atoms with van der Waals surface area (Å²) in [6.07, 6.45) is 2.91. The molecule has 0 radical (unpaired) electrons. The van der Waals surface area contributed by atoms with E-state index in [2.05, 4.69) is 9.97 Å². The number of aromatic amines is 1. The van der Waals surface area contributed by atoms with E-state index in [1.165, 1.54) is 12.4 Å². The van der Waals surface area contributed by atoms with E-state index in [-0.39, 0.29) is 0 Å². The molecule has 0 saturated carbocycles. The van der Waals surface area contributed by atoms with Gasteiger partial charge in [0.15, 0.2) is 0 Å². The summed E-state index contributed by atoms with van der Waals surface area (Å²) in [5.41, 5.74) is 0.852. The van der Waals surface area contributed by atoms with E-state index in [1.54, 1.807) is 12.1 Å². The van der Waals surface area contributed by atoms with Crippen molar-refractivity contribution < 1.29 is 0 Å². The number of benzene rings is 1. The minimum Gasteiger partial charge on any atom is -0.312 e. The number of rotatable bonds is 1. The van der Waals surface area contributed by atoms with Crippen LogP contribution in [-0.4, -0.2) is 9.97 Å². The molecule has 6 heteroatoms. The maximum Gasteiger partial charge on any atom is 0.344 e. The number of H-pyrrole nitrogens is 1. The lowest BCUT2D eigenvalue weighted by atomic mass is 10.1.